The molecule has 0 bridgehead atoms. The van der Waals surface area contributed by atoms with Crippen molar-refractivity contribution in [1.29, 1.82) is 0 Å². The fraction of sp³-hybridized carbons (Fsp3) is 0.562. The van der Waals surface area contributed by atoms with Gasteiger partial charge in [-0.05, 0) is 64.5 Å². The van der Waals surface area contributed by atoms with Crippen molar-refractivity contribution in [2.75, 3.05) is 25.5 Å². The molecule has 5 nitrogen and oxygen atoms in total. The van der Waals surface area contributed by atoms with Crippen molar-refractivity contribution in [2.45, 2.75) is 39.3 Å². The number of alkyl halides is 2. The highest BCUT2D eigenvalue weighted by molar-refractivity contribution is 5.89. The molecule has 7 heteroatoms. The summed E-state index contributed by atoms with van der Waals surface area (Å²) in [6, 6.07) is 5.98. The summed E-state index contributed by atoms with van der Waals surface area (Å²) < 4.78 is 28.3. The first-order valence-electron chi connectivity index (χ1n) is 7.68. The molecular weight excluding hydrogens is 304 g/mol. The molecule has 2 amide bonds. The molecule has 0 radical (unpaired) electrons. The van der Waals surface area contributed by atoms with Gasteiger partial charge in [-0.2, -0.15) is 8.78 Å². The van der Waals surface area contributed by atoms with E-state index in [0.717, 1.165) is 19.4 Å². The second-order valence-electron chi connectivity index (χ2n) is 5.57. The Labute approximate surface area is 136 Å². The molecule has 0 aromatic heterocycles. The molecule has 23 heavy (non-hydrogen) atoms. The summed E-state index contributed by atoms with van der Waals surface area (Å²) in [7, 11) is 2.08. The number of ether oxygens (including phenoxy) is 1. The first kappa shape index (κ1) is 19.2. The van der Waals surface area contributed by atoms with E-state index >= 15 is 0 Å². The Bertz CT molecular complexity index is 467. The molecule has 0 aliphatic carbocycles. The number of hydrogen-bond donors (Lipinski definition) is 2. The van der Waals surface area contributed by atoms with Crippen molar-refractivity contribution in [3.8, 4) is 5.75 Å². The third-order valence-corrected chi connectivity index (χ3v) is 3.44. The number of urea groups is 1. The Morgan fingerprint density at radius 1 is 1.22 bits per heavy atom. The molecule has 2 N–H and O–H groups in total. The molecule has 130 valence electrons. The van der Waals surface area contributed by atoms with Crippen LogP contribution in [0.15, 0.2) is 24.3 Å². The number of anilines is 1. The normalized spacial score (nSPS) is 11.1. The zero-order chi connectivity index (χ0) is 17.2. The van der Waals surface area contributed by atoms with E-state index in [1.54, 1.807) is 0 Å². The highest BCUT2D eigenvalue weighted by atomic mass is 19.3. The SMILES string of the molecule is CC(C)N(C)CCCCNC(=O)Nc1ccc(OC(F)F)cc1. The monoisotopic (exact) mass is 329 g/mol. The topological polar surface area (TPSA) is 53.6 Å². The van der Waals surface area contributed by atoms with Gasteiger partial charge in [0.1, 0.15) is 5.75 Å². The fourth-order valence-electron chi connectivity index (χ4n) is 1.84. The molecule has 0 fully saturated rings. The van der Waals surface area contributed by atoms with Crippen molar-refractivity contribution in [1.82, 2.24) is 10.2 Å². The van der Waals surface area contributed by atoms with Crippen molar-refractivity contribution in [3.05, 3.63) is 24.3 Å². The second-order valence-corrected chi connectivity index (χ2v) is 5.57. The Balaban J connectivity index is 2.21. The van der Waals surface area contributed by atoms with E-state index < -0.39 is 6.61 Å². The van der Waals surface area contributed by atoms with Gasteiger partial charge in [0.2, 0.25) is 0 Å². The summed E-state index contributed by atoms with van der Waals surface area (Å²) >= 11 is 0. The number of nitrogens with one attached hydrogen (secondary N) is 2. The molecule has 1 aromatic rings. The van der Waals surface area contributed by atoms with Crippen LogP contribution in [0.3, 0.4) is 0 Å². The average molecular weight is 329 g/mol. The smallest absolute Gasteiger partial charge is 0.387 e. The molecule has 0 spiro atoms. The van der Waals surface area contributed by atoms with E-state index in [1.165, 1.54) is 24.3 Å². The van der Waals surface area contributed by atoms with Gasteiger partial charge < -0.3 is 20.3 Å². The van der Waals surface area contributed by atoms with Crippen LogP contribution in [-0.2, 0) is 0 Å². The van der Waals surface area contributed by atoms with E-state index in [2.05, 4.69) is 41.2 Å². The van der Waals surface area contributed by atoms with Crippen LogP contribution in [0, 0.1) is 0 Å². The van der Waals surface area contributed by atoms with Gasteiger partial charge in [-0.1, -0.05) is 0 Å². The van der Waals surface area contributed by atoms with Crippen molar-refractivity contribution >= 4 is 11.7 Å². The molecule has 0 atom stereocenters. The molecule has 0 heterocycles. The number of benzene rings is 1. The lowest BCUT2D eigenvalue weighted by Gasteiger charge is -2.20. The minimum absolute atomic E-state index is 0.0558. The summed E-state index contributed by atoms with van der Waals surface area (Å²) in [5, 5.41) is 5.40. The lowest BCUT2D eigenvalue weighted by molar-refractivity contribution is -0.0498. The highest BCUT2D eigenvalue weighted by Crippen LogP contribution is 2.17. The number of nitrogens with zero attached hydrogens (tertiary/aromatic N) is 1. The van der Waals surface area contributed by atoms with Crippen LogP contribution >= 0.6 is 0 Å². The van der Waals surface area contributed by atoms with Gasteiger partial charge in [-0.15, -0.1) is 0 Å². The lowest BCUT2D eigenvalue weighted by Crippen LogP contribution is -2.31. The van der Waals surface area contributed by atoms with Crippen molar-refractivity contribution in [3.63, 3.8) is 0 Å². The van der Waals surface area contributed by atoms with Crippen LogP contribution in [0.2, 0.25) is 0 Å². The Kier molecular flexibility index (Phi) is 8.32. The summed E-state index contributed by atoms with van der Waals surface area (Å²) in [4.78, 5) is 13.9. The number of amides is 2. The van der Waals surface area contributed by atoms with Crippen LogP contribution in [-0.4, -0.2) is 43.7 Å². The maximum Gasteiger partial charge on any atom is 0.387 e. The van der Waals surface area contributed by atoms with Gasteiger partial charge in [0, 0.05) is 18.3 Å². The zero-order valence-corrected chi connectivity index (χ0v) is 13.8. The minimum atomic E-state index is -2.85. The molecular formula is C16H25F2N3O2. The van der Waals surface area contributed by atoms with Crippen molar-refractivity contribution in [2.24, 2.45) is 0 Å². The summed E-state index contributed by atoms with van der Waals surface area (Å²) in [6.07, 6.45) is 1.90. The minimum Gasteiger partial charge on any atom is -0.435 e. The number of carbonyl (C=O) groups excluding carboxylic acids is 1. The van der Waals surface area contributed by atoms with E-state index in [-0.39, 0.29) is 11.8 Å². The Hall–Kier alpha value is -1.89. The van der Waals surface area contributed by atoms with Crippen LogP contribution in [0.4, 0.5) is 19.3 Å². The van der Waals surface area contributed by atoms with E-state index in [0.29, 0.717) is 18.3 Å². The van der Waals surface area contributed by atoms with E-state index in [4.69, 9.17) is 0 Å². The maximum absolute atomic E-state index is 12.0. The fourth-order valence-corrected chi connectivity index (χ4v) is 1.84. The van der Waals surface area contributed by atoms with Gasteiger partial charge in [-0.25, -0.2) is 4.79 Å². The third-order valence-electron chi connectivity index (χ3n) is 3.44. The number of unbranched alkanes of at least 4 members (excludes halogenated alkanes) is 1. The average Bonchev–Trinajstić information content (AvgIpc) is 2.48. The van der Waals surface area contributed by atoms with Crippen LogP contribution in [0.5, 0.6) is 5.75 Å². The summed E-state index contributed by atoms with van der Waals surface area (Å²) in [5.41, 5.74) is 0.517. The Morgan fingerprint density at radius 2 is 1.87 bits per heavy atom. The number of rotatable bonds is 9. The molecule has 1 rings (SSSR count). The van der Waals surface area contributed by atoms with Crippen LogP contribution < -0.4 is 15.4 Å². The van der Waals surface area contributed by atoms with Gasteiger partial charge >= 0.3 is 12.6 Å². The Morgan fingerprint density at radius 3 is 2.43 bits per heavy atom. The quantitative estimate of drug-likeness (QED) is 0.682. The van der Waals surface area contributed by atoms with Gasteiger partial charge in [0.05, 0.1) is 0 Å². The van der Waals surface area contributed by atoms with Crippen molar-refractivity contribution < 1.29 is 18.3 Å². The first-order valence-corrected chi connectivity index (χ1v) is 7.68. The molecule has 0 saturated carbocycles. The molecule has 0 aliphatic heterocycles. The maximum atomic E-state index is 12.0. The number of halogens is 2. The van der Waals surface area contributed by atoms with E-state index in [1.807, 2.05) is 0 Å². The lowest BCUT2D eigenvalue weighted by atomic mass is 10.2. The predicted molar refractivity (Wildman–Crippen MR) is 87.1 cm³/mol. The predicted octanol–water partition coefficient (Wildman–Crippen LogP) is 3.53. The summed E-state index contributed by atoms with van der Waals surface area (Å²) in [6.45, 7) is 3.01. The van der Waals surface area contributed by atoms with Crippen LogP contribution in [0.1, 0.15) is 26.7 Å². The highest BCUT2D eigenvalue weighted by Gasteiger charge is 2.06. The summed E-state index contributed by atoms with van der Waals surface area (Å²) in [5.74, 6) is 0.0558. The van der Waals surface area contributed by atoms with Gasteiger partial charge in [0.25, 0.3) is 0 Å². The molecule has 0 saturated heterocycles. The zero-order valence-electron chi connectivity index (χ0n) is 13.8. The van der Waals surface area contributed by atoms with Gasteiger partial charge in [0.15, 0.2) is 0 Å². The second kappa shape index (κ2) is 9.99. The molecule has 0 unspecified atom stereocenters. The van der Waals surface area contributed by atoms with Crippen LogP contribution in [0.25, 0.3) is 0 Å². The number of hydrogen-bond acceptors (Lipinski definition) is 3. The standard InChI is InChI=1S/C16H25F2N3O2/c1-12(2)21(3)11-5-4-10-19-16(22)20-13-6-8-14(9-7-13)23-15(17)18/h6-9,12,15H,4-5,10-11H2,1-3H3,(H2,19,20,22). The van der Waals surface area contributed by atoms with Gasteiger partial charge in [-0.3, -0.25) is 0 Å². The van der Waals surface area contributed by atoms with E-state index in [9.17, 15) is 13.6 Å². The number of carbonyl (C=O) groups is 1. The third kappa shape index (κ3) is 8.35. The molecule has 1 aromatic carbocycles. The largest absolute Gasteiger partial charge is 0.435 e. The first-order chi connectivity index (χ1) is 10.9. The molecule has 0 aliphatic rings.